The zero-order valence-electron chi connectivity index (χ0n) is 16.9. The lowest BCUT2D eigenvalue weighted by Crippen LogP contribution is -2.32. The molecular weight excluding hydrogens is 449 g/mol. The van der Waals surface area contributed by atoms with Gasteiger partial charge in [0.2, 0.25) is 0 Å². The van der Waals surface area contributed by atoms with Gasteiger partial charge in [-0.3, -0.25) is 5.41 Å². The maximum Gasteiger partial charge on any atom is 0.416 e. The average Bonchev–Trinajstić information content (AvgIpc) is 3.06. The number of aliphatic hydroxyl groups is 1. The Morgan fingerprint density at radius 1 is 1.19 bits per heavy atom. The van der Waals surface area contributed by atoms with Gasteiger partial charge in [0, 0.05) is 35.2 Å². The molecule has 2 heterocycles. The van der Waals surface area contributed by atoms with Crippen LogP contribution in [0, 0.1) is 5.41 Å². The van der Waals surface area contributed by atoms with Gasteiger partial charge in [0.05, 0.1) is 27.9 Å². The van der Waals surface area contributed by atoms with Crippen LogP contribution in [0.15, 0.2) is 34.7 Å². The number of fused-ring (bicyclic) bond motifs is 1. The van der Waals surface area contributed by atoms with Crippen LogP contribution in [0.2, 0.25) is 5.02 Å². The minimum atomic E-state index is -4.57. The molecule has 1 aliphatic heterocycles. The zero-order valence-corrected chi connectivity index (χ0v) is 17.6. The molecule has 10 heteroatoms. The summed E-state index contributed by atoms with van der Waals surface area (Å²) in [6.07, 6.45) is -3.98. The van der Waals surface area contributed by atoms with Gasteiger partial charge in [-0.05, 0) is 38.2 Å². The minimum absolute atomic E-state index is 0.0133. The van der Waals surface area contributed by atoms with Crippen LogP contribution in [-0.4, -0.2) is 46.5 Å². The Hall–Kier alpha value is -2.75. The number of rotatable bonds is 3. The molecule has 4 rings (SSSR count). The fourth-order valence-corrected chi connectivity index (χ4v) is 4.62. The quantitative estimate of drug-likeness (QED) is 0.455. The Morgan fingerprint density at radius 2 is 1.91 bits per heavy atom. The first kappa shape index (κ1) is 22.4. The molecule has 2 aromatic carbocycles. The molecule has 0 aliphatic carbocycles. The molecule has 0 amide bonds. The van der Waals surface area contributed by atoms with E-state index in [0.29, 0.717) is 18.5 Å². The van der Waals surface area contributed by atoms with E-state index in [2.05, 4.69) is 0 Å². The monoisotopic (exact) mass is 468 g/mol. The number of phenolic OH excluding ortho intramolecular Hbond substituents is 2. The van der Waals surface area contributed by atoms with E-state index in [1.165, 1.54) is 6.07 Å². The number of nitrogens with zero attached hydrogens (tertiary/aromatic N) is 1. The number of aliphatic hydroxyl groups excluding tert-OH is 1. The minimum Gasteiger partial charge on any atom is -0.507 e. The van der Waals surface area contributed by atoms with Gasteiger partial charge < -0.3 is 24.6 Å². The third-order valence-electron chi connectivity index (χ3n) is 5.98. The summed E-state index contributed by atoms with van der Waals surface area (Å²) in [7, 11) is 1.83. The zero-order chi connectivity index (χ0) is 23.4. The van der Waals surface area contributed by atoms with Gasteiger partial charge in [0.1, 0.15) is 22.8 Å². The van der Waals surface area contributed by atoms with Gasteiger partial charge in [-0.25, -0.2) is 0 Å². The van der Waals surface area contributed by atoms with E-state index >= 15 is 0 Å². The summed E-state index contributed by atoms with van der Waals surface area (Å²) in [5, 5.41) is 38.9. The molecule has 32 heavy (non-hydrogen) atoms. The smallest absolute Gasteiger partial charge is 0.416 e. The molecule has 0 radical (unpaired) electrons. The van der Waals surface area contributed by atoms with Crippen LogP contribution < -0.4 is 5.36 Å². The topological polar surface area (TPSA) is 101 Å². The third-order valence-corrected chi connectivity index (χ3v) is 6.29. The third kappa shape index (κ3) is 3.70. The largest absolute Gasteiger partial charge is 0.507 e. The van der Waals surface area contributed by atoms with Crippen LogP contribution in [0.3, 0.4) is 0 Å². The summed E-state index contributed by atoms with van der Waals surface area (Å²) >= 11 is 6.11. The predicted octanol–water partition coefficient (Wildman–Crippen LogP) is 4.44. The van der Waals surface area contributed by atoms with Crippen LogP contribution in [0.4, 0.5) is 13.2 Å². The summed E-state index contributed by atoms with van der Waals surface area (Å²) in [4.78, 5) is 1.93. The van der Waals surface area contributed by atoms with Crippen LogP contribution in [0.5, 0.6) is 11.5 Å². The summed E-state index contributed by atoms with van der Waals surface area (Å²) < 4.78 is 45.0. The van der Waals surface area contributed by atoms with E-state index in [4.69, 9.17) is 21.4 Å². The van der Waals surface area contributed by atoms with Crippen molar-refractivity contribution in [1.82, 2.24) is 4.90 Å². The van der Waals surface area contributed by atoms with Gasteiger partial charge in [0.15, 0.2) is 0 Å². The first-order chi connectivity index (χ1) is 15.0. The van der Waals surface area contributed by atoms with E-state index in [0.717, 1.165) is 24.3 Å². The van der Waals surface area contributed by atoms with E-state index in [1.54, 1.807) is 0 Å². The van der Waals surface area contributed by atoms with E-state index in [-0.39, 0.29) is 62.7 Å². The SMILES string of the molecule is CN1CC[C@@H](c2c(O)cc(O)c3c(=N)cc(-c4ccc(C(F)(F)F)cc4Cl)oc23)[C@@H]1CO. The van der Waals surface area contributed by atoms with Gasteiger partial charge in [0.25, 0.3) is 0 Å². The summed E-state index contributed by atoms with van der Waals surface area (Å²) in [6, 6.07) is 4.84. The molecule has 0 saturated carbocycles. The first-order valence-corrected chi connectivity index (χ1v) is 10.2. The first-order valence-electron chi connectivity index (χ1n) is 9.78. The van der Waals surface area contributed by atoms with Crippen molar-refractivity contribution >= 4 is 22.6 Å². The Bertz CT molecular complexity index is 1260. The highest BCUT2D eigenvalue weighted by molar-refractivity contribution is 6.33. The molecule has 4 N–H and O–H groups in total. The molecule has 1 saturated heterocycles. The van der Waals surface area contributed by atoms with Gasteiger partial charge >= 0.3 is 6.18 Å². The molecule has 1 fully saturated rings. The van der Waals surface area contributed by atoms with Crippen molar-refractivity contribution in [2.75, 3.05) is 20.2 Å². The number of aromatic hydroxyl groups is 2. The number of benzene rings is 2. The summed E-state index contributed by atoms with van der Waals surface area (Å²) in [6.45, 7) is 0.469. The molecule has 6 nitrogen and oxygen atoms in total. The summed E-state index contributed by atoms with van der Waals surface area (Å²) in [5.41, 5.74) is -0.445. The number of alkyl halides is 3. The van der Waals surface area contributed by atoms with Crippen molar-refractivity contribution in [2.45, 2.75) is 24.6 Å². The van der Waals surface area contributed by atoms with Crippen molar-refractivity contribution in [3.8, 4) is 22.8 Å². The Morgan fingerprint density at radius 3 is 2.53 bits per heavy atom. The van der Waals surface area contributed by atoms with Gasteiger partial charge in [-0.1, -0.05) is 11.6 Å². The maximum absolute atomic E-state index is 13.0. The van der Waals surface area contributed by atoms with Crippen molar-refractivity contribution in [1.29, 1.82) is 5.41 Å². The van der Waals surface area contributed by atoms with E-state index in [1.807, 2.05) is 11.9 Å². The number of nitrogens with one attached hydrogen (secondary N) is 1. The van der Waals surface area contributed by atoms with Gasteiger partial charge in [-0.2, -0.15) is 13.2 Å². The fraction of sp³-hybridized carbons (Fsp3) is 0.318. The Labute approximate surface area is 185 Å². The lowest BCUT2D eigenvalue weighted by atomic mass is 9.89. The Balaban J connectivity index is 1.96. The normalized spacial score (nSPS) is 19.7. The van der Waals surface area contributed by atoms with E-state index in [9.17, 15) is 28.5 Å². The van der Waals surface area contributed by atoms with Crippen LogP contribution in [-0.2, 0) is 6.18 Å². The number of hydrogen-bond acceptors (Lipinski definition) is 6. The van der Waals surface area contributed by atoms with Crippen molar-refractivity contribution < 1.29 is 32.9 Å². The Kier molecular flexibility index (Phi) is 5.60. The molecule has 2 atom stereocenters. The molecule has 0 bridgehead atoms. The van der Waals surface area contributed by atoms with E-state index < -0.39 is 11.7 Å². The average molecular weight is 469 g/mol. The second kappa shape index (κ2) is 7.99. The van der Waals surface area contributed by atoms with Gasteiger partial charge in [-0.15, -0.1) is 0 Å². The van der Waals surface area contributed by atoms with Crippen molar-refractivity contribution in [3.63, 3.8) is 0 Å². The lowest BCUT2D eigenvalue weighted by Gasteiger charge is -2.24. The molecule has 1 aromatic heterocycles. The highest BCUT2D eigenvalue weighted by Crippen LogP contribution is 2.44. The van der Waals surface area contributed by atoms with Crippen LogP contribution >= 0.6 is 11.6 Å². The highest BCUT2D eigenvalue weighted by Gasteiger charge is 2.36. The standard InChI is InChI=1S/C22H20ClF3N2O4/c1-28-5-4-12(15(28)9-29)19-16(30)8-17(31)20-14(27)7-18(32-21(19)20)11-3-2-10(6-13(11)23)22(24,25)26/h2-3,6-8,12,15,27,29-31H,4-5,9H2,1H3/t12-,15+/m1/s1. The number of hydrogen-bond donors (Lipinski definition) is 4. The van der Waals surface area contributed by atoms with Crippen molar-refractivity contribution in [2.24, 2.45) is 0 Å². The lowest BCUT2D eigenvalue weighted by molar-refractivity contribution is -0.137. The fourth-order valence-electron chi connectivity index (χ4n) is 4.35. The number of likely N-dealkylation sites (N-methyl/N-ethyl adjacent to an activating group) is 1. The number of phenols is 2. The van der Waals surface area contributed by atoms with Crippen LogP contribution in [0.1, 0.15) is 23.5 Å². The molecule has 170 valence electrons. The molecular formula is C22H20ClF3N2O4. The molecule has 3 aromatic rings. The predicted molar refractivity (Wildman–Crippen MR) is 112 cm³/mol. The second-order valence-electron chi connectivity index (χ2n) is 7.88. The molecule has 0 spiro atoms. The molecule has 0 unspecified atom stereocenters. The highest BCUT2D eigenvalue weighted by atomic mass is 35.5. The number of halogens is 4. The maximum atomic E-state index is 13.0. The second-order valence-corrected chi connectivity index (χ2v) is 8.28. The number of likely N-dealkylation sites (tertiary alicyclic amines) is 1. The van der Waals surface area contributed by atoms with Crippen molar-refractivity contribution in [3.05, 3.63) is 51.8 Å². The van der Waals surface area contributed by atoms with Crippen LogP contribution in [0.25, 0.3) is 22.3 Å². The molecule has 1 aliphatic rings. The summed E-state index contributed by atoms with van der Waals surface area (Å²) in [5.74, 6) is -0.964.